The molecule has 0 aromatic heterocycles. The zero-order valence-electron chi connectivity index (χ0n) is 11.9. The van der Waals surface area contributed by atoms with E-state index in [1.165, 1.54) is 18.4 Å². The van der Waals surface area contributed by atoms with E-state index in [2.05, 4.69) is 5.32 Å². The third kappa shape index (κ3) is 3.98. The summed E-state index contributed by atoms with van der Waals surface area (Å²) in [5, 5.41) is 2.61. The van der Waals surface area contributed by atoms with Crippen molar-refractivity contribution in [1.82, 2.24) is 5.32 Å². The first-order valence-corrected chi connectivity index (χ1v) is 8.31. The average molecular weight is 323 g/mol. The summed E-state index contributed by atoms with van der Waals surface area (Å²) in [5.41, 5.74) is 0.380. The summed E-state index contributed by atoms with van der Waals surface area (Å²) >= 11 is 0. The number of carbonyl (C=O) groups is 1. The van der Waals surface area contributed by atoms with Crippen molar-refractivity contribution in [2.45, 2.75) is 6.04 Å². The molecule has 2 atom stereocenters. The van der Waals surface area contributed by atoms with Gasteiger partial charge in [-0.25, -0.2) is 8.78 Å². The van der Waals surface area contributed by atoms with Crippen molar-refractivity contribution >= 4 is 16.7 Å². The van der Waals surface area contributed by atoms with E-state index in [0.29, 0.717) is 0 Å². The van der Waals surface area contributed by atoms with Gasteiger partial charge in [0.25, 0.3) is 5.91 Å². The first-order valence-electron chi connectivity index (χ1n) is 6.59. The highest BCUT2D eigenvalue weighted by molar-refractivity contribution is 7.84. The minimum atomic E-state index is -1.19. The number of carbonyl (C=O) groups excluding carboxylic acids is 1. The molecule has 0 aliphatic carbocycles. The van der Waals surface area contributed by atoms with E-state index in [0.717, 1.165) is 11.6 Å². The first kappa shape index (κ1) is 16.3. The summed E-state index contributed by atoms with van der Waals surface area (Å²) in [6.07, 6.45) is 1.52. The van der Waals surface area contributed by atoms with Crippen LogP contribution in [0.4, 0.5) is 8.78 Å². The highest BCUT2D eigenvalue weighted by atomic mass is 32.2. The fourth-order valence-electron chi connectivity index (χ4n) is 2.06. The zero-order valence-corrected chi connectivity index (χ0v) is 12.7. The third-order valence-corrected chi connectivity index (χ3v) is 3.91. The monoisotopic (exact) mass is 323 g/mol. The molecular formula is C16H15F2NO2S. The maximum Gasteiger partial charge on any atom is 0.254 e. The smallest absolute Gasteiger partial charge is 0.254 e. The van der Waals surface area contributed by atoms with E-state index in [1.54, 1.807) is 24.3 Å². The normalized spacial score (nSPS) is 13.4. The van der Waals surface area contributed by atoms with Gasteiger partial charge >= 0.3 is 0 Å². The topological polar surface area (TPSA) is 46.2 Å². The molecule has 22 heavy (non-hydrogen) atoms. The minimum Gasteiger partial charge on any atom is -0.344 e. The highest BCUT2D eigenvalue weighted by Crippen LogP contribution is 2.17. The number of hydrogen-bond acceptors (Lipinski definition) is 2. The van der Waals surface area contributed by atoms with E-state index in [1.807, 2.05) is 6.07 Å². The Kier molecular flexibility index (Phi) is 5.38. The fraction of sp³-hybridized carbons (Fsp3) is 0.188. The second kappa shape index (κ2) is 7.26. The van der Waals surface area contributed by atoms with E-state index >= 15 is 0 Å². The molecule has 1 amide bonds. The van der Waals surface area contributed by atoms with Gasteiger partial charge in [-0.3, -0.25) is 9.00 Å². The van der Waals surface area contributed by atoms with Gasteiger partial charge in [0.05, 0.1) is 11.6 Å². The van der Waals surface area contributed by atoms with Crippen LogP contribution in [0.1, 0.15) is 22.0 Å². The van der Waals surface area contributed by atoms with Gasteiger partial charge in [0, 0.05) is 22.8 Å². The number of hydrogen-bond donors (Lipinski definition) is 1. The Hall–Kier alpha value is -2.08. The predicted octanol–water partition coefficient (Wildman–Crippen LogP) is 2.81. The van der Waals surface area contributed by atoms with Crippen molar-refractivity contribution in [1.29, 1.82) is 0 Å². The number of rotatable bonds is 5. The predicted molar refractivity (Wildman–Crippen MR) is 81.9 cm³/mol. The summed E-state index contributed by atoms with van der Waals surface area (Å²) < 4.78 is 38.4. The molecule has 0 saturated carbocycles. The molecule has 3 nitrogen and oxygen atoms in total. The Labute approximate surface area is 129 Å². The lowest BCUT2D eigenvalue weighted by atomic mass is 10.1. The van der Waals surface area contributed by atoms with Crippen LogP contribution in [0.5, 0.6) is 0 Å². The maximum absolute atomic E-state index is 13.7. The SMILES string of the molecule is CS(=O)CC(NC(=O)c1cccc(F)c1F)c1ccccc1. The first-order chi connectivity index (χ1) is 10.5. The Balaban J connectivity index is 2.25. The van der Waals surface area contributed by atoms with Crippen LogP contribution in [0.2, 0.25) is 0 Å². The van der Waals surface area contributed by atoms with Crippen LogP contribution in [-0.2, 0) is 10.8 Å². The Bertz CT molecular complexity index is 692. The third-order valence-electron chi connectivity index (χ3n) is 3.10. The second-order valence-electron chi connectivity index (χ2n) is 4.78. The number of halogens is 2. The Morgan fingerprint density at radius 3 is 2.45 bits per heavy atom. The van der Waals surface area contributed by atoms with Crippen molar-refractivity contribution in [3.05, 3.63) is 71.3 Å². The van der Waals surface area contributed by atoms with Crippen LogP contribution in [0, 0.1) is 11.6 Å². The van der Waals surface area contributed by atoms with E-state index in [4.69, 9.17) is 0 Å². The largest absolute Gasteiger partial charge is 0.344 e. The van der Waals surface area contributed by atoms with Crippen molar-refractivity contribution in [2.24, 2.45) is 0 Å². The molecule has 2 aromatic rings. The second-order valence-corrected chi connectivity index (χ2v) is 6.26. The van der Waals surface area contributed by atoms with Gasteiger partial charge in [-0.15, -0.1) is 0 Å². The molecule has 0 saturated heterocycles. The lowest BCUT2D eigenvalue weighted by Crippen LogP contribution is -2.32. The molecule has 0 heterocycles. The lowest BCUT2D eigenvalue weighted by Gasteiger charge is -2.18. The highest BCUT2D eigenvalue weighted by Gasteiger charge is 2.20. The molecule has 2 rings (SSSR count). The van der Waals surface area contributed by atoms with Crippen LogP contribution in [0.3, 0.4) is 0 Å². The van der Waals surface area contributed by atoms with Gasteiger partial charge in [-0.05, 0) is 17.7 Å². The number of amides is 1. The molecule has 0 aliphatic rings. The average Bonchev–Trinajstić information content (AvgIpc) is 2.49. The van der Waals surface area contributed by atoms with Crippen LogP contribution in [0.25, 0.3) is 0 Å². The van der Waals surface area contributed by atoms with Crippen LogP contribution in [0.15, 0.2) is 48.5 Å². The van der Waals surface area contributed by atoms with E-state index in [9.17, 15) is 17.8 Å². The molecule has 0 radical (unpaired) electrons. The van der Waals surface area contributed by atoms with Crippen molar-refractivity contribution in [3.63, 3.8) is 0 Å². The van der Waals surface area contributed by atoms with Gasteiger partial charge in [0.2, 0.25) is 0 Å². The Morgan fingerprint density at radius 1 is 1.14 bits per heavy atom. The summed E-state index contributed by atoms with van der Waals surface area (Å²) in [6.45, 7) is 0. The van der Waals surface area contributed by atoms with Crippen LogP contribution in [-0.4, -0.2) is 22.1 Å². The molecule has 2 unspecified atom stereocenters. The molecule has 0 fully saturated rings. The van der Waals surface area contributed by atoms with Gasteiger partial charge in [0.1, 0.15) is 0 Å². The number of benzene rings is 2. The zero-order chi connectivity index (χ0) is 16.1. The molecule has 6 heteroatoms. The summed E-state index contributed by atoms with van der Waals surface area (Å²) in [6, 6.07) is 11.8. The summed E-state index contributed by atoms with van der Waals surface area (Å²) in [5.74, 6) is -2.82. The van der Waals surface area contributed by atoms with Crippen LogP contribution < -0.4 is 5.32 Å². The van der Waals surface area contributed by atoms with Crippen molar-refractivity contribution < 1.29 is 17.8 Å². The minimum absolute atomic E-state index is 0.187. The van der Waals surface area contributed by atoms with Gasteiger partial charge in [-0.1, -0.05) is 36.4 Å². The molecule has 2 aromatic carbocycles. The van der Waals surface area contributed by atoms with Crippen molar-refractivity contribution in [2.75, 3.05) is 12.0 Å². The fourth-order valence-corrected chi connectivity index (χ4v) is 2.80. The van der Waals surface area contributed by atoms with Crippen LogP contribution >= 0.6 is 0 Å². The molecule has 0 bridgehead atoms. The van der Waals surface area contributed by atoms with Gasteiger partial charge in [0.15, 0.2) is 11.6 Å². The van der Waals surface area contributed by atoms with Crippen molar-refractivity contribution in [3.8, 4) is 0 Å². The summed E-state index contributed by atoms with van der Waals surface area (Å²) in [4.78, 5) is 12.2. The molecule has 0 aliphatic heterocycles. The molecular weight excluding hydrogens is 308 g/mol. The lowest BCUT2D eigenvalue weighted by molar-refractivity contribution is 0.0935. The molecule has 1 N–H and O–H groups in total. The Morgan fingerprint density at radius 2 is 1.82 bits per heavy atom. The van der Waals surface area contributed by atoms with Gasteiger partial charge in [-0.2, -0.15) is 0 Å². The number of nitrogens with one attached hydrogen (secondary N) is 1. The van der Waals surface area contributed by atoms with E-state index in [-0.39, 0.29) is 11.3 Å². The van der Waals surface area contributed by atoms with Gasteiger partial charge < -0.3 is 5.32 Å². The standard InChI is InChI=1S/C16H15F2NO2S/c1-22(21)10-14(11-6-3-2-4-7-11)19-16(20)12-8-5-9-13(17)15(12)18/h2-9,14H,10H2,1H3,(H,19,20). The molecule has 116 valence electrons. The molecule has 0 spiro atoms. The quantitative estimate of drug-likeness (QED) is 0.920. The van der Waals surface area contributed by atoms with E-state index < -0.39 is 34.4 Å². The maximum atomic E-state index is 13.7. The summed E-state index contributed by atoms with van der Waals surface area (Å²) in [7, 11) is -1.16.